The van der Waals surface area contributed by atoms with Crippen molar-refractivity contribution in [3.8, 4) is 5.75 Å². The molecule has 1 saturated carbocycles. The van der Waals surface area contributed by atoms with Crippen molar-refractivity contribution in [3.05, 3.63) is 82.2 Å². The molecule has 0 atom stereocenters. The molecule has 5 N–H and O–H groups in total. The second-order valence-electron chi connectivity index (χ2n) is 10.1. The van der Waals surface area contributed by atoms with Crippen LogP contribution in [0.15, 0.2) is 53.7 Å². The number of aromatic nitrogens is 1. The Morgan fingerprint density at radius 2 is 1.82 bits per heavy atom. The van der Waals surface area contributed by atoms with E-state index < -0.39 is 18.9 Å². The maximum absolute atomic E-state index is 13.7. The third-order valence-corrected chi connectivity index (χ3v) is 6.84. The number of anilines is 1. The molecule has 4 rings (SSSR count). The van der Waals surface area contributed by atoms with Gasteiger partial charge in [-0.3, -0.25) is 19.8 Å². The van der Waals surface area contributed by atoms with Crippen molar-refractivity contribution < 1.29 is 33.8 Å². The van der Waals surface area contributed by atoms with Gasteiger partial charge in [-0.2, -0.15) is 0 Å². The van der Waals surface area contributed by atoms with Crippen molar-refractivity contribution in [1.29, 1.82) is 5.41 Å². The SMILES string of the molecule is CCNC(=O)c1ccc(C)c(N(C(=O)OCOC(=O)Cc2ccc(O)cc2)C(=NC=N)c2[nH]cc(C(=O)NC3CC3)c2C)c1. The van der Waals surface area contributed by atoms with Crippen LogP contribution in [0, 0.1) is 19.3 Å². The number of esters is 1. The third kappa shape index (κ3) is 7.68. The fraction of sp³-hybridized carbons (Fsp3) is 0.290. The summed E-state index contributed by atoms with van der Waals surface area (Å²) < 4.78 is 10.5. The Kier molecular flexibility index (Phi) is 10.1. The van der Waals surface area contributed by atoms with Crippen LogP contribution in [0.2, 0.25) is 0 Å². The highest BCUT2D eigenvalue weighted by molar-refractivity contribution is 6.24. The number of benzene rings is 2. The Morgan fingerprint density at radius 3 is 2.48 bits per heavy atom. The molecule has 3 aromatic rings. The van der Waals surface area contributed by atoms with Gasteiger partial charge in [-0.05, 0) is 74.6 Å². The Balaban J connectivity index is 1.65. The molecule has 1 aromatic heterocycles. The summed E-state index contributed by atoms with van der Waals surface area (Å²) in [5.41, 5.74) is 2.70. The minimum Gasteiger partial charge on any atom is -0.508 e. The van der Waals surface area contributed by atoms with Gasteiger partial charge >= 0.3 is 12.1 Å². The number of aromatic hydroxyl groups is 1. The number of phenols is 1. The summed E-state index contributed by atoms with van der Waals surface area (Å²) in [6, 6.07) is 10.9. The number of ether oxygens (including phenoxy) is 2. The summed E-state index contributed by atoms with van der Waals surface area (Å²) >= 11 is 0. The van der Waals surface area contributed by atoms with Crippen LogP contribution in [0.1, 0.15) is 62.9 Å². The van der Waals surface area contributed by atoms with Crippen LogP contribution >= 0.6 is 0 Å². The largest absolute Gasteiger partial charge is 0.508 e. The van der Waals surface area contributed by atoms with Gasteiger partial charge in [-0.1, -0.05) is 18.2 Å². The first-order chi connectivity index (χ1) is 21.1. The minimum atomic E-state index is -1.02. The number of H-pyrrole nitrogens is 1. The van der Waals surface area contributed by atoms with Crippen LogP contribution < -0.4 is 15.5 Å². The molecule has 0 radical (unpaired) electrons. The van der Waals surface area contributed by atoms with Gasteiger partial charge in [0.2, 0.25) is 6.79 Å². The van der Waals surface area contributed by atoms with Crippen molar-refractivity contribution in [2.75, 3.05) is 18.2 Å². The van der Waals surface area contributed by atoms with Crippen LogP contribution in [-0.4, -0.2) is 65.5 Å². The average Bonchev–Trinajstić information content (AvgIpc) is 3.72. The molecule has 1 heterocycles. The molecule has 0 unspecified atom stereocenters. The number of nitrogens with one attached hydrogen (secondary N) is 4. The van der Waals surface area contributed by atoms with Crippen molar-refractivity contribution >= 4 is 41.7 Å². The molecule has 13 nitrogen and oxygen atoms in total. The molecule has 1 aliphatic carbocycles. The highest BCUT2D eigenvalue weighted by Gasteiger charge is 2.31. The van der Waals surface area contributed by atoms with Crippen LogP contribution in [0.25, 0.3) is 0 Å². The third-order valence-electron chi connectivity index (χ3n) is 6.84. The lowest BCUT2D eigenvalue weighted by molar-refractivity contribution is -0.150. The number of amides is 3. The van der Waals surface area contributed by atoms with Crippen molar-refractivity contribution in [3.63, 3.8) is 0 Å². The van der Waals surface area contributed by atoms with Crippen LogP contribution in [0.5, 0.6) is 5.75 Å². The first kappa shape index (κ1) is 31.5. The van der Waals surface area contributed by atoms with Crippen LogP contribution in [0.3, 0.4) is 0 Å². The van der Waals surface area contributed by atoms with E-state index in [1.54, 1.807) is 45.0 Å². The van der Waals surface area contributed by atoms with E-state index in [2.05, 4.69) is 20.6 Å². The van der Waals surface area contributed by atoms with E-state index >= 15 is 0 Å². The summed E-state index contributed by atoms with van der Waals surface area (Å²) in [6.45, 7) is 4.82. The topological polar surface area (TPSA) is 186 Å². The lowest BCUT2D eigenvalue weighted by atomic mass is 10.1. The van der Waals surface area contributed by atoms with Crippen molar-refractivity contribution in [1.82, 2.24) is 15.6 Å². The Morgan fingerprint density at radius 1 is 1.09 bits per heavy atom. The first-order valence-corrected chi connectivity index (χ1v) is 14.0. The molecule has 0 spiro atoms. The van der Waals surface area contributed by atoms with Crippen molar-refractivity contribution in [2.45, 2.75) is 46.1 Å². The van der Waals surface area contributed by atoms with Crippen molar-refractivity contribution in [2.24, 2.45) is 4.99 Å². The molecule has 2 aromatic carbocycles. The number of aryl methyl sites for hydroxylation is 1. The monoisotopic (exact) mass is 602 g/mol. The number of hydrogen-bond donors (Lipinski definition) is 5. The fourth-order valence-electron chi connectivity index (χ4n) is 4.34. The molecular formula is C31H34N6O7. The lowest BCUT2D eigenvalue weighted by Crippen LogP contribution is -2.40. The van der Waals surface area contributed by atoms with E-state index in [4.69, 9.17) is 14.9 Å². The van der Waals surface area contributed by atoms with E-state index in [0.717, 1.165) is 24.1 Å². The fourth-order valence-corrected chi connectivity index (χ4v) is 4.34. The Labute approximate surface area is 253 Å². The van der Waals surface area contributed by atoms with E-state index in [9.17, 15) is 24.3 Å². The number of hydrogen-bond acceptors (Lipinski definition) is 8. The zero-order valence-corrected chi connectivity index (χ0v) is 24.6. The number of nitrogens with zero attached hydrogens (tertiary/aromatic N) is 2. The maximum atomic E-state index is 13.7. The molecule has 3 amide bonds. The van der Waals surface area contributed by atoms with Crippen LogP contribution in [0.4, 0.5) is 10.5 Å². The van der Waals surface area contributed by atoms with Gasteiger partial charge in [0.15, 0.2) is 5.84 Å². The second kappa shape index (κ2) is 14.1. The Hall–Kier alpha value is -5.46. The molecule has 0 bridgehead atoms. The predicted octanol–water partition coefficient (Wildman–Crippen LogP) is 3.72. The van der Waals surface area contributed by atoms with Gasteiger partial charge in [-0.15, -0.1) is 0 Å². The van der Waals surface area contributed by atoms with E-state index in [1.165, 1.54) is 24.4 Å². The number of carbonyl (C=O) groups is 4. The predicted molar refractivity (Wildman–Crippen MR) is 162 cm³/mol. The Bertz CT molecular complexity index is 1590. The van der Waals surface area contributed by atoms with Gasteiger partial charge in [0, 0.05) is 24.3 Å². The summed E-state index contributed by atoms with van der Waals surface area (Å²) in [5, 5.41) is 22.8. The maximum Gasteiger partial charge on any atom is 0.423 e. The number of carbonyl (C=O) groups excluding carboxylic acids is 4. The standard InChI is InChI=1S/C31H34N6O7/c1-4-33-29(40)21-8-5-18(2)25(14-21)37(31(42)44-17-43-26(39)13-20-6-11-23(38)12-7-20)28(35-16-32)27-19(3)24(15-34-27)30(41)36-22-9-10-22/h5-8,11-12,14-16,22,32,34,38H,4,9-10,13,17H2,1-3H3,(H,33,40)(H,36,41). The molecule has 0 aliphatic heterocycles. The molecule has 1 aliphatic rings. The lowest BCUT2D eigenvalue weighted by Gasteiger charge is -2.25. The average molecular weight is 603 g/mol. The van der Waals surface area contributed by atoms with Gasteiger partial charge in [0.1, 0.15) is 12.1 Å². The summed E-state index contributed by atoms with van der Waals surface area (Å²) in [4.78, 5) is 59.8. The minimum absolute atomic E-state index is 0.0537. The molecule has 44 heavy (non-hydrogen) atoms. The quantitative estimate of drug-likeness (QED) is 0.0957. The smallest absolute Gasteiger partial charge is 0.423 e. The number of amidine groups is 1. The van der Waals surface area contributed by atoms with Gasteiger partial charge in [0.05, 0.1) is 23.4 Å². The van der Waals surface area contributed by atoms with Gasteiger partial charge in [-0.25, -0.2) is 14.7 Å². The molecular weight excluding hydrogens is 568 g/mol. The van der Waals surface area contributed by atoms with E-state index in [1.807, 2.05) is 0 Å². The van der Waals surface area contributed by atoms with Crippen LogP contribution in [-0.2, 0) is 20.7 Å². The summed E-state index contributed by atoms with van der Waals surface area (Å²) in [7, 11) is 0. The normalized spacial score (nSPS) is 12.7. The number of rotatable bonds is 11. The number of aliphatic imine (C=N–C) groups is 1. The zero-order chi connectivity index (χ0) is 31.8. The molecule has 0 saturated heterocycles. The summed E-state index contributed by atoms with van der Waals surface area (Å²) in [6.07, 6.45) is 2.90. The van der Waals surface area contributed by atoms with Gasteiger partial charge in [0.25, 0.3) is 11.8 Å². The zero-order valence-electron chi connectivity index (χ0n) is 24.6. The molecule has 230 valence electrons. The van der Waals surface area contributed by atoms with Gasteiger partial charge < -0.3 is 30.2 Å². The number of phenolic OH excluding ortho intramolecular Hbond substituents is 1. The summed E-state index contributed by atoms with van der Waals surface area (Å²) in [5.74, 6) is -1.36. The molecule has 13 heteroatoms. The van der Waals surface area contributed by atoms with E-state index in [-0.39, 0.29) is 52.8 Å². The van der Waals surface area contributed by atoms with E-state index in [0.29, 0.717) is 28.8 Å². The first-order valence-electron chi connectivity index (χ1n) is 14.0. The second-order valence-corrected chi connectivity index (χ2v) is 10.1. The highest BCUT2D eigenvalue weighted by Crippen LogP contribution is 2.27. The highest BCUT2D eigenvalue weighted by atomic mass is 16.7. The molecule has 1 fully saturated rings. The number of aromatic amines is 1.